The van der Waals surface area contributed by atoms with Gasteiger partial charge in [-0.3, -0.25) is 14.4 Å². The zero-order chi connectivity index (χ0) is 23.7. The molecule has 4 aliphatic heterocycles. The van der Waals surface area contributed by atoms with Crippen molar-refractivity contribution in [1.29, 1.82) is 0 Å². The first-order valence-corrected chi connectivity index (χ1v) is 12.7. The fraction of sp³-hybridized carbons (Fsp3) is 0.500. The summed E-state index contributed by atoms with van der Waals surface area (Å²) in [5.74, 6) is -0.908. The number of aromatic hydroxyl groups is 1. The number of carbonyl (C=O) groups is 2. The molecule has 178 valence electrons. The largest absolute Gasteiger partial charge is 0.504 e. The minimum absolute atomic E-state index is 0.102. The Kier molecular flexibility index (Phi) is 5.46. The van der Waals surface area contributed by atoms with Crippen molar-refractivity contribution < 1.29 is 39.2 Å². The lowest BCUT2D eigenvalue weighted by Crippen LogP contribution is -2.77. The third-order valence-corrected chi connectivity index (χ3v) is 10.2. The van der Waals surface area contributed by atoms with Crippen LogP contribution in [0, 0.1) is 0 Å². The van der Waals surface area contributed by atoms with Crippen molar-refractivity contribution in [3.63, 3.8) is 0 Å². The van der Waals surface area contributed by atoms with Crippen LogP contribution in [0.5, 0.6) is 17.2 Å². The van der Waals surface area contributed by atoms with Crippen molar-refractivity contribution >= 4 is 45.0 Å². The molecule has 0 aromatic heterocycles. The first-order chi connectivity index (χ1) is 15.7. The summed E-state index contributed by atoms with van der Waals surface area (Å²) in [6.45, 7) is 0. The van der Waals surface area contributed by atoms with Gasteiger partial charge in [-0.05, 0) is 6.07 Å². The number of amides is 2. The summed E-state index contributed by atoms with van der Waals surface area (Å²) in [5, 5.41) is 34.6. The van der Waals surface area contributed by atoms with Gasteiger partial charge in [-0.2, -0.15) is 5.06 Å². The van der Waals surface area contributed by atoms with Crippen molar-refractivity contribution in [3.05, 3.63) is 29.8 Å². The van der Waals surface area contributed by atoms with Crippen molar-refractivity contribution in [2.24, 2.45) is 0 Å². The number of nitrogens with zero attached hydrogens (tertiary/aromatic N) is 1. The molecule has 4 saturated heterocycles. The number of fused-ring (bicyclic) bond motifs is 4. The van der Waals surface area contributed by atoms with Gasteiger partial charge in [0.1, 0.15) is 23.9 Å². The number of phenols is 1. The van der Waals surface area contributed by atoms with Gasteiger partial charge in [0.05, 0.1) is 24.8 Å². The standard InChI is InChI=1S/C20H21ClN2O8S2/c1-29-10-5-3-8(13(25)14(10)30-2)15-12-17(26)23-20(33-32-15,18(27)22-12)7-19(28)11(21)6-4-9(24)16(19)31-23/h3-6,9,11-12,15-16,24-25,28H,7H2,1-2H3,(H,22,27)/t9-,11-,12-,15-,16+,19+,20-/m1/s1. The van der Waals surface area contributed by atoms with Crippen LogP contribution in [0.25, 0.3) is 0 Å². The summed E-state index contributed by atoms with van der Waals surface area (Å²) in [6.07, 6.45) is 0.130. The van der Waals surface area contributed by atoms with E-state index in [2.05, 4.69) is 5.32 Å². The van der Waals surface area contributed by atoms with E-state index in [1.165, 1.54) is 37.2 Å². The molecule has 0 unspecified atom stereocenters. The molecule has 1 aliphatic carbocycles. The average Bonchev–Trinajstić information content (AvgIpc) is 2.99. The maximum absolute atomic E-state index is 13.5. The quantitative estimate of drug-likeness (QED) is 0.260. The van der Waals surface area contributed by atoms with E-state index in [1.54, 1.807) is 12.1 Å². The predicted octanol–water partition coefficient (Wildman–Crippen LogP) is 0.842. The number of phenolic OH excluding ortho intramolecular Hbond substituents is 1. The number of halogens is 1. The van der Waals surface area contributed by atoms with Gasteiger partial charge in [-0.25, -0.2) is 0 Å². The van der Waals surface area contributed by atoms with Crippen molar-refractivity contribution in [2.75, 3.05) is 14.2 Å². The lowest BCUT2D eigenvalue weighted by molar-refractivity contribution is -0.313. The number of carbonyl (C=O) groups excluding carboxylic acids is 2. The van der Waals surface area contributed by atoms with Crippen LogP contribution in [-0.4, -0.2) is 80.5 Å². The molecule has 4 fully saturated rings. The molecular formula is C20H21ClN2O8S2. The monoisotopic (exact) mass is 516 g/mol. The number of aliphatic hydroxyl groups excluding tert-OH is 1. The highest BCUT2D eigenvalue weighted by molar-refractivity contribution is 8.77. The van der Waals surface area contributed by atoms with E-state index in [0.29, 0.717) is 11.3 Å². The Labute approximate surface area is 201 Å². The van der Waals surface area contributed by atoms with Crippen molar-refractivity contribution in [2.45, 2.75) is 45.8 Å². The number of hydroxylamine groups is 2. The highest BCUT2D eigenvalue weighted by atomic mass is 35.5. The van der Waals surface area contributed by atoms with Crippen molar-refractivity contribution in [1.82, 2.24) is 10.4 Å². The zero-order valence-corrected chi connectivity index (χ0v) is 19.8. The molecule has 2 bridgehead atoms. The molecule has 6 rings (SSSR count). The minimum atomic E-state index is -1.80. The second-order valence-corrected chi connectivity index (χ2v) is 11.3. The SMILES string of the molecule is COc1ccc([C@H]2SS[C@@]34C[C@]5(O)[C@H](Cl)C=C[C@@H](O)[C@@H]5ON3C(=O)[C@@H]2NC4=O)c(O)c1OC. The highest BCUT2D eigenvalue weighted by Crippen LogP contribution is 2.61. The molecule has 7 atom stereocenters. The number of hydrogen-bond donors (Lipinski definition) is 4. The van der Waals surface area contributed by atoms with Crippen LogP contribution in [0.2, 0.25) is 0 Å². The number of alkyl halides is 1. The molecule has 1 aromatic rings. The van der Waals surface area contributed by atoms with E-state index in [0.717, 1.165) is 15.9 Å². The number of rotatable bonds is 3. The fourth-order valence-electron chi connectivity index (χ4n) is 4.66. The third-order valence-electron chi connectivity index (χ3n) is 6.38. The Morgan fingerprint density at radius 2 is 2.03 bits per heavy atom. The Morgan fingerprint density at radius 1 is 1.27 bits per heavy atom. The van der Waals surface area contributed by atoms with Crippen LogP contribution in [0.3, 0.4) is 0 Å². The molecule has 33 heavy (non-hydrogen) atoms. The van der Waals surface area contributed by atoms with Gasteiger partial charge in [0.25, 0.3) is 11.8 Å². The molecule has 1 spiro atoms. The number of benzene rings is 1. The Hall–Kier alpha value is -1.83. The summed E-state index contributed by atoms with van der Waals surface area (Å²) in [6, 6.07) is 2.12. The Morgan fingerprint density at radius 3 is 2.73 bits per heavy atom. The minimum Gasteiger partial charge on any atom is -0.504 e. The first-order valence-electron chi connectivity index (χ1n) is 10.0. The van der Waals surface area contributed by atoms with Crippen LogP contribution >= 0.6 is 33.2 Å². The van der Waals surface area contributed by atoms with Gasteiger partial charge >= 0.3 is 0 Å². The topological polar surface area (TPSA) is 138 Å². The molecular weight excluding hydrogens is 496 g/mol. The molecule has 5 aliphatic rings. The lowest BCUT2D eigenvalue weighted by Gasteiger charge is -2.56. The van der Waals surface area contributed by atoms with Gasteiger partial charge in [0, 0.05) is 12.0 Å². The summed E-state index contributed by atoms with van der Waals surface area (Å²) in [5.41, 5.74) is -1.44. The number of nitrogens with one attached hydrogen (secondary N) is 1. The number of piperazine rings is 1. The lowest BCUT2D eigenvalue weighted by atomic mass is 9.77. The maximum atomic E-state index is 13.5. The van der Waals surface area contributed by atoms with E-state index < -0.39 is 51.2 Å². The fourth-order valence-corrected chi connectivity index (χ4v) is 8.47. The number of hydrogen-bond acceptors (Lipinski definition) is 10. The van der Waals surface area contributed by atoms with Crippen LogP contribution in [-0.2, 0) is 14.4 Å². The number of ether oxygens (including phenoxy) is 2. The van der Waals surface area contributed by atoms with Gasteiger partial charge in [0.15, 0.2) is 11.5 Å². The summed E-state index contributed by atoms with van der Waals surface area (Å²) in [4.78, 5) is 31.0. The maximum Gasteiger partial charge on any atom is 0.272 e. The normalized spacial score (nSPS) is 39.4. The number of methoxy groups -OCH3 is 2. The smallest absolute Gasteiger partial charge is 0.272 e. The third kappa shape index (κ3) is 3.08. The van der Waals surface area contributed by atoms with E-state index >= 15 is 0 Å². The summed E-state index contributed by atoms with van der Waals surface area (Å²) < 4.78 is 10.5. The van der Waals surface area contributed by atoms with Crippen LogP contribution in [0.1, 0.15) is 17.2 Å². The molecule has 10 nitrogen and oxygen atoms in total. The zero-order valence-electron chi connectivity index (χ0n) is 17.4. The van der Waals surface area contributed by atoms with Crippen molar-refractivity contribution in [3.8, 4) is 17.2 Å². The van der Waals surface area contributed by atoms with Gasteiger partial charge in [0.2, 0.25) is 10.6 Å². The Balaban J connectivity index is 1.58. The van der Waals surface area contributed by atoms with Crippen LogP contribution < -0.4 is 14.8 Å². The van der Waals surface area contributed by atoms with E-state index in [9.17, 15) is 24.9 Å². The van der Waals surface area contributed by atoms with Gasteiger partial charge < -0.3 is 30.1 Å². The molecule has 1 aromatic carbocycles. The summed E-state index contributed by atoms with van der Waals surface area (Å²) in [7, 11) is 5.04. The second kappa shape index (κ2) is 7.85. The van der Waals surface area contributed by atoms with Gasteiger partial charge in [-0.15, -0.1) is 11.6 Å². The summed E-state index contributed by atoms with van der Waals surface area (Å²) >= 11 is 6.35. The highest BCUT2D eigenvalue weighted by Gasteiger charge is 2.69. The van der Waals surface area contributed by atoms with Gasteiger partial charge in [-0.1, -0.05) is 39.8 Å². The molecule has 13 heteroatoms. The molecule has 0 saturated carbocycles. The molecule has 4 heterocycles. The second-order valence-electron chi connectivity index (χ2n) is 8.18. The van der Waals surface area contributed by atoms with E-state index in [4.69, 9.17) is 25.9 Å². The number of aliphatic hydroxyl groups is 2. The molecule has 4 N–H and O–H groups in total. The average molecular weight is 517 g/mol. The molecule has 0 radical (unpaired) electrons. The van der Waals surface area contributed by atoms with Crippen LogP contribution in [0.15, 0.2) is 24.3 Å². The van der Waals surface area contributed by atoms with Crippen LogP contribution in [0.4, 0.5) is 0 Å². The van der Waals surface area contributed by atoms with E-state index in [1.807, 2.05) is 0 Å². The molecule has 2 amide bonds. The first kappa shape index (κ1) is 22.9. The van der Waals surface area contributed by atoms with E-state index in [-0.39, 0.29) is 17.9 Å². The predicted molar refractivity (Wildman–Crippen MR) is 120 cm³/mol. The Bertz CT molecular complexity index is 1060.